The van der Waals surface area contributed by atoms with E-state index in [0.717, 1.165) is 0 Å². The smallest absolute Gasteiger partial charge is 0.340 e. The van der Waals surface area contributed by atoms with E-state index >= 15 is 0 Å². The second kappa shape index (κ2) is 9.00. The molecule has 1 amide bonds. The van der Waals surface area contributed by atoms with Crippen LogP contribution in [-0.4, -0.2) is 55.3 Å². The van der Waals surface area contributed by atoms with Crippen molar-refractivity contribution in [2.75, 3.05) is 6.54 Å². The molecule has 0 aromatic carbocycles. The fourth-order valence-corrected chi connectivity index (χ4v) is 4.29. The number of carbonyl (C=O) groups excluding carboxylic acids is 2. The first-order chi connectivity index (χ1) is 10.3. The van der Waals surface area contributed by atoms with Crippen LogP contribution in [0.1, 0.15) is 26.2 Å². The Morgan fingerprint density at radius 2 is 1.52 bits per heavy atom. The number of amides is 1. The van der Waals surface area contributed by atoms with Crippen LogP contribution in [0.4, 0.5) is 0 Å². The molecule has 11 nitrogen and oxygen atoms in total. The molecule has 0 heterocycles. The van der Waals surface area contributed by atoms with Crippen LogP contribution >= 0.6 is 15.2 Å². The fourth-order valence-electron chi connectivity index (χ4n) is 1.68. The van der Waals surface area contributed by atoms with Gasteiger partial charge in [-0.15, -0.1) is 0 Å². The van der Waals surface area contributed by atoms with Gasteiger partial charge in [0.15, 0.2) is 11.2 Å². The van der Waals surface area contributed by atoms with Crippen LogP contribution in [0, 0.1) is 0 Å². The zero-order valence-electron chi connectivity index (χ0n) is 12.5. The van der Waals surface area contributed by atoms with E-state index in [0.29, 0.717) is 0 Å². The Balaban J connectivity index is 4.40. The summed E-state index contributed by atoms with van der Waals surface area (Å²) in [5.41, 5.74) is 10.9. The van der Waals surface area contributed by atoms with Crippen molar-refractivity contribution >= 4 is 26.9 Å². The third-order valence-electron chi connectivity index (χ3n) is 3.02. The molecule has 0 spiro atoms. The van der Waals surface area contributed by atoms with E-state index in [-0.39, 0.29) is 19.4 Å². The van der Waals surface area contributed by atoms with Crippen LogP contribution in [0.5, 0.6) is 0 Å². The first-order valence-corrected chi connectivity index (χ1v) is 10.0. The maximum Gasteiger partial charge on any atom is 0.340 e. The van der Waals surface area contributed by atoms with Crippen molar-refractivity contribution in [3.63, 3.8) is 0 Å². The molecule has 0 saturated heterocycles. The van der Waals surface area contributed by atoms with Gasteiger partial charge in [-0.2, -0.15) is 0 Å². The molecule has 0 aliphatic rings. The molecular formula is C10H23N3O8P2. The van der Waals surface area contributed by atoms with Gasteiger partial charge in [-0.05, 0) is 26.2 Å². The first-order valence-electron chi connectivity index (χ1n) is 6.68. The lowest BCUT2D eigenvalue weighted by Crippen LogP contribution is -2.44. The lowest BCUT2D eigenvalue weighted by molar-refractivity contribution is -0.126. The van der Waals surface area contributed by atoms with Gasteiger partial charge in [-0.3, -0.25) is 18.7 Å². The second-order valence-corrected chi connectivity index (χ2v) is 9.18. The molecule has 0 aromatic rings. The average Bonchev–Trinajstić information content (AvgIpc) is 2.36. The average molecular weight is 375 g/mol. The number of nitrogens with one attached hydrogen (secondary N) is 1. The molecule has 9 N–H and O–H groups in total. The van der Waals surface area contributed by atoms with Gasteiger partial charge in [-0.25, -0.2) is 0 Å². The Morgan fingerprint density at radius 3 is 1.91 bits per heavy atom. The number of rotatable bonds is 10. The third kappa shape index (κ3) is 8.69. The number of Topliss-reactive ketones (excluding diaryl/α,β-unsaturated/α-hetero) is 1. The van der Waals surface area contributed by atoms with Crippen LogP contribution in [-0.2, 0) is 18.7 Å². The van der Waals surface area contributed by atoms with Crippen LogP contribution in [0.3, 0.4) is 0 Å². The Labute approximate surface area is 133 Å². The summed E-state index contributed by atoms with van der Waals surface area (Å²) in [5.74, 6) is -1.06. The van der Waals surface area contributed by atoms with Gasteiger partial charge in [0.25, 0.3) is 0 Å². The predicted molar refractivity (Wildman–Crippen MR) is 81.4 cm³/mol. The molecule has 2 atom stereocenters. The number of ketones is 1. The van der Waals surface area contributed by atoms with Crippen molar-refractivity contribution in [3.05, 3.63) is 0 Å². The number of hydrogen-bond donors (Lipinski definition) is 7. The van der Waals surface area contributed by atoms with E-state index in [4.69, 9.17) is 31.0 Å². The van der Waals surface area contributed by atoms with Crippen molar-refractivity contribution in [3.8, 4) is 0 Å². The quantitative estimate of drug-likeness (QED) is 0.213. The summed E-state index contributed by atoms with van der Waals surface area (Å²) in [4.78, 5) is 58.6. The highest BCUT2D eigenvalue weighted by Crippen LogP contribution is 2.61. The Morgan fingerprint density at radius 1 is 1.04 bits per heavy atom. The largest absolute Gasteiger partial charge is 0.348 e. The lowest BCUT2D eigenvalue weighted by atomic mass is 10.1. The Bertz CT molecular complexity index is 492. The van der Waals surface area contributed by atoms with E-state index in [1.807, 2.05) is 0 Å². The molecule has 0 aromatic heterocycles. The van der Waals surface area contributed by atoms with E-state index in [1.54, 1.807) is 0 Å². The molecule has 0 aliphatic heterocycles. The molecule has 136 valence electrons. The van der Waals surface area contributed by atoms with Crippen molar-refractivity contribution in [2.45, 2.75) is 43.7 Å². The molecule has 0 saturated carbocycles. The zero-order chi connectivity index (χ0) is 18.4. The van der Waals surface area contributed by atoms with Crippen molar-refractivity contribution in [1.82, 2.24) is 5.32 Å². The summed E-state index contributed by atoms with van der Waals surface area (Å²) in [5, 5.41) is 0.152. The number of carbonyl (C=O) groups is 2. The topological polar surface area (TPSA) is 213 Å². The van der Waals surface area contributed by atoms with Crippen molar-refractivity contribution in [2.24, 2.45) is 11.5 Å². The van der Waals surface area contributed by atoms with Gasteiger partial charge in [0.05, 0.1) is 18.6 Å². The molecule has 0 aliphatic carbocycles. The molecule has 0 bridgehead atoms. The monoisotopic (exact) mass is 375 g/mol. The Hall–Kier alpha value is -0.640. The van der Waals surface area contributed by atoms with Gasteiger partial charge in [0.2, 0.25) is 5.91 Å². The molecular weight excluding hydrogens is 352 g/mol. The van der Waals surface area contributed by atoms with Crippen LogP contribution in [0.2, 0.25) is 0 Å². The van der Waals surface area contributed by atoms with Gasteiger partial charge >= 0.3 is 15.2 Å². The summed E-state index contributed by atoms with van der Waals surface area (Å²) in [7, 11) is -9.96. The summed E-state index contributed by atoms with van der Waals surface area (Å²) >= 11 is 0. The van der Waals surface area contributed by atoms with Crippen molar-refractivity contribution in [1.29, 1.82) is 0 Å². The third-order valence-corrected chi connectivity index (χ3v) is 6.89. The maximum atomic E-state index is 11.7. The minimum Gasteiger partial charge on any atom is -0.348 e. The molecule has 1 unspecified atom stereocenters. The molecule has 0 rings (SSSR count). The van der Waals surface area contributed by atoms with Crippen LogP contribution in [0.15, 0.2) is 0 Å². The normalized spacial score (nSPS) is 15.3. The molecule has 13 heteroatoms. The summed E-state index contributed by atoms with van der Waals surface area (Å²) < 4.78 is 22.1. The zero-order valence-corrected chi connectivity index (χ0v) is 14.3. The van der Waals surface area contributed by atoms with Gasteiger partial charge in [0.1, 0.15) is 0 Å². The standard InChI is InChI=1S/C10H23N3O8P2/c1-6(11)10(15)13-5-8(14)7(12)3-2-4-9(22(16,17)18)23(19,20)21/h6-7,9H,2-5,11-12H2,1H3,(H,13,15)(H2,16,17,18)(H2,19,20,21)/t6-,7?/m0/s1. The predicted octanol–water partition coefficient (Wildman–Crippen LogP) is -1.80. The van der Waals surface area contributed by atoms with Gasteiger partial charge in [-0.1, -0.05) is 0 Å². The highest BCUT2D eigenvalue weighted by Gasteiger charge is 2.42. The Kier molecular flexibility index (Phi) is 8.75. The summed E-state index contributed by atoms with van der Waals surface area (Å²) in [6.07, 6.45) is -0.597. The summed E-state index contributed by atoms with van der Waals surface area (Å²) in [6, 6.07) is -1.82. The fraction of sp³-hybridized carbons (Fsp3) is 0.800. The van der Waals surface area contributed by atoms with E-state index in [9.17, 15) is 18.7 Å². The van der Waals surface area contributed by atoms with Crippen LogP contribution < -0.4 is 16.8 Å². The van der Waals surface area contributed by atoms with E-state index in [2.05, 4.69) is 5.32 Å². The van der Waals surface area contributed by atoms with Gasteiger partial charge in [0, 0.05) is 0 Å². The van der Waals surface area contributed by atoms with Crippen molar-refractivity contribution < 1.29 is 38.3 Å². The minimum absolute atomic E-state index is 0.0383. The minimum atomic E-state index is -4.98. The maximum absolute atomic E-state index is 11.7. The molecule has 23 heavy (non-hydrogen) atoms. The number of nitrogens with two attached hydrogens (primary N) is 2. The highest BCUT2D eigenvalue weighted by molar-refractivity contribution is 7.70. The lowest BCUT2D eigenvalue weighted by Gasteiger charge is -2.20. The number of hydrogen-bond acceptors (Lipinski definition) is 6. The van der Waals surface area contributed by atoms with Crippen LogP contribution in [0.25, 0.3) is 0 Å². The highest BCUT2D eigenvalue weighted by atomic mass is 31.2. The van der Waals surface area contributed by atoms with Gasteiger partial charge < -0.3 is 36.4 Å². The van der Waals surface area contributed by atoms with E-state index in [1.165, 1.54) is 6.92 Å². The molecule has 0 fully saturated rings. The van der Waals surface area contributed by atoms with E-state index < -0.39 is 50.8 Å². The summed E-state index contributed by atoms with van der Waals surface area (Å²) in [6.45, 7) is 1.09. The first kappa shape index (κ1) is 22.4. The second-order valence-electron chi connectivity index (χ2n) is 5.17. The molecule has 0 radical (unpaired) electrons. The SMILES string of the molecule is C[C@H](N)C(=O)NCC(=O)C(N)CCCC(P(=O)(O)O)P(=O)(O)O.